The van der Waals surface area contributed by atoms with Crippen LogP contribution in [-0.4, -0.2) is 55.7 Å². The molecule has 1 aromatic heterocycles. The molecule has 1 aromatic rings. The summed E-state index contributed by atoms with van der Waals surface area (Å²) in [5, 5.41) is 21.2. The Morgan fingerprint density at radius 3 is 2.79 bits per heavy atom. The predicted molar refractivity (Wildman–Crippen MR) is 103 cm³/mol. The van der Waals surface area contributed by atoms with Gasteiger partial charge in [0, 0.05) is 13.1 Å². The Balaban J connectivity index is 1.80. The van der Waals surface area contributed by atoms with E-state index in [1.165, 1.54) is 32.4 Å². The number of piperidine rings is 1. The first-order valence-corrected chi connectivity index (χ1v) is 9.91. The molecule has 6 heteroatoms. The average molecular weight is 353 g/mol. The summed E-state index contributed by atoms with van der Waals surface area (Å²) < 4.78 is 0. The first-order chi connectivity index (χ1) is 11.5. The molecule has 3 N–H and O–H groups in total. The molecule has 0 amide bonds. The number of aliphatic imine (C=N–C) groups is 1. The highest BCUT2D eigenvalue weighted by Crippen LogP contribution is 2.23. The van der Waals surface area contributed by atoms with Crippen molar-refractivity contribution in [3.63, 3.8) is 0 Å². The van der Waals surface area contributed by atoms with E-state index in [1.54, 1.807) is 11.3 Å². The van der Waals surface area contributed by atoms with Crippen molar-refractivity contribution in [2.75, 3.05) is 39.8 Å². The van der Waals surface area contributed by atoms with Gasteiger partial charge in [-0.05, 0) is 81.6 Å². The second-order valence-corrected chi connectivity index (χ2v) is 7.72. The second-order valence-electron chi connectivity index (χ2n) is 6.94. The Hall–Kier alpha value is -1.11. The van der Waals surface area contributed by atoms with E-state index in [0.717, 1.165) is 30.5 Å². The third kappa shape index (κ3) is 6.07. The van der Waals surface area contributed by atoms with Gasteiger partial charge in [0.15, 0.2) is 5.96 Å². The summed E-state index contributed by atoms with van der Waals surface area (Å²) in [4.78, 5) is 6.98. The Morgan fingerprint density at radius 1 is 1.42 bits per heavy atom. The summed E-state index contributed by atoms with van der Waals surface area (Å²) in [6.07, 6.45) is 3.76. The molecule has 1 atom stereocenters. The van der Waals surface area contributed by atoms with E-state index >= 15 is 0 Å². The van der Waals surface area contributed by atoms with Crippen LogP contribution in [-0.2, 0) is 5.60 Å². The molecule has 1 fully saturated rings. The van der Waals surface area contributed by atoms with E-state index in [1.807, 2.05) is 23.8 Å². The quantitative estimate of drug-likeness (QED) is 0.520. The van der Waals surface area contributed by atoms with Gasteiger partial charge in [0.05, 0.1) is 6.54 Å². The molecular weight excluding hydrogens is 320 g/mol. The van der Waals surface area contributed by atoms with Crippen molar-refractivity contribution in [1.82, 2.24) is 15.5 Å². The maximum absolute atomic E-state index is 10.6. The first kappa shape index (κ1) is 19.2. The van der Waals surface area contributed by atoms with E-state index in [2.05, 4.69) is 34.5 Å². The zero-order chi connectivity index (χ0) is 17.4. The summed E-state index contributed by atoms with van der Waals surface area (Å²) in [7, 11) is 2.20. The molecule has 0 aliphatic carbocycles. The zero-order valence-corrected chi connectivity index (χ0v) is 16.0. The van der Waals surface area contributed by atoms with Crippen molar-refractivity contribution in [1.29, 1.82) is 0 Å². The van der Waals surface area contributed by atoms with E-state index in [-0.39, 0.29) is 0 Å². The minimum Gasteiger partial charge on any atom is -0.383 e. The highest BCUT2D eigenvalue weighted by atomic mass is 32.1. The highest BCUT2D eigenvalue weighted by molar-refractivity contribution is 7.08. The number of thiophene rings is 1. The van der Waals surface area contributed by atoms with Crippen LogP contribution in [0.3, 0.4) is 0 Å². The normalized spacial score (nSPS) is 19.9. The van der Waals surface area contributed by atoms with Crippen LogP contribution >= 0.6 is 11.3 Å². The van der Waals surface area contributed by atoms with Gasteiger partial charge in [-0.25, -0.2) is 4.99 Å². The lowest BCUT2D eigenvalue weighted by Crippen LogP contribution is -2.40. The lowest BCUT2D eigenvalue weighted by Gasteiger charge is -2.29. The van der Waals surface area contributed by atoms with Gasteiger partial charge in [0.25, 0.3) is 0 Å². The monoisotopic (exact) mass is 352 g/mol. The van der Waals surface area contributed by atoms with E-state index in [4.69, 9.17) is 0 Å². The van der Waals surface area contributed by atoms with Crippen LogP contribution in [0.15, 0.2) is 21.8 Å². The molecule has 1 unspecified atom stereocenters. The fourth-order valence-electron chi connectivity index (χ4n) is 2.98. The Morgan fingerprint density at radius 2 is 2.17 bits per heavy atom. The average Bonchev–Trinajstić information content (AvgIpc) is 3.10. The molecule has 1 aliphatic rings. The van der Waals surface area contributed by atoms with Crippen LogP contribution < -0.4 is 10.6 Å². The lowest BCUT2D eigenvalue weighted by molar-refractivity contribution is 0.0677. The van der Waals surface area contributed by atoms with Crippen molar-refractivity contribution in [2.45, 2.75) is 38.7 Å². The predicted octanol–water partition coefficient (Wildman–Crippen LogP) is 2.24. The van der Waals surface area contributed by atoms with Crippen LogP contribution in [0, 0.1) is 5.92 Å². The van der Waals surface area contributed by atoms with E-state index < -0.39 is 5.60 Å². The highest BCUT2D eigenvalue weighted by Gasteiger charge is 2.23. The van der Waals surface area contributed by atoms with Crippen molar-refractivity contribution < 1.29 is 5.11 Å². The van der Waals surface area contributed by atoms with Crippen LogP contribution in [0.4, 0.5) is 0 Å². The molecule has 5 nitrogen and oxygen atoms in total. The Bertz CT molecular complexity index is 493. The summed E-state index contributed by atoms with van der Waals surface area (Å²) in [5.74, 6) is 1.60. The Kier molecular flexibility index (Phi) is 7.52. The maximum Gasteiger partial charge on any atom is 0.191 e. The number of rotatable bonds is 7. The maximum atomic E-state index is 10.6. The van der Waals surface area contributed by atoms with Gasteiger partial charge in [0.2, 0.25) is 0 Å². The zero-order valence-electron chi connectivity index (χ0n) is 15.2. The van der Waals surface area contributed by atoms with Crippen molar-refractivity contribution in [3.8, 4) is 0 Å². The molecule has 0 bridgehead atoms. The standard InChI is InChI=1S/C18H32N4OS/c1-4-19-17(20-9-5-15-6-10-22(3)11-7-15)21-14-18(2,23)16-8-12-24-13-16/h8,12-13,15,23H,4-7,9-11,14H2,1-3H3,(H2,19,20,21). The fourth-order valence-corrected chi connectivity index (χ4v) is 3.77. The smallest absolute Gasteiger partial charge is 0.191 e. The van der Waals surface area contributed by atoms with E-state index in [0.29, 0.717) is 6.54 Å². The summed E-state index contributed by atoms with van der Waals surface area (Å²) in [6, 6.07) is 1.96. The molecular formula is C18H32N4OS. The van der Waals surface area contributed by atoms with Gasteiger partial charge in [-0.15, -0.1) is 0 Å². The first-order valence-electron chi connectivity index (χ1n) is 8.97. The molecule has 2 rings (SSSR count). The SMILES string of the molecule is CCNC(=NCC(C)(O)c1ccsc1)NCCC1CCN(C)CC1. The molecule has 0 radical (unpaired) electrons. The fraction of sp³-hybridized carbons (Fsp3) is 0.722. The Labute approximate surface area is 150 Å². The third-order valence-electron chi connectivity index (χ3n) is 4.72. The molecule has 1 saturated heterocycles. The van der Waals surface area contributed by atoms with Gasteiger partial charge < -0.3 is 20.6 Å². The van der Waals surface area contributed by atoms with Crippen molar-refractivity contribution in [2.24, 2.45) is 10.9 Å². The number of aliphatic hydroxyl groups is 1. The molecule has 0 spiro atoms. The summed E-state index contributed by atoms with van der Waals surface area (Å²) >= 11 is 1.60. The van der Waals surface area contributed by atoms with Crippen LogP contribution in [0.5, 0.6) is 0 Å². The molecule has 24 heavy (non-hydrogen) atoms. The van der Waals surface area contributed by atoms with Crippen LogP contribution in [0.25, 0.3) is 0 Å². The number of hydrogen-bond acceptors (Lipinski definition) is 4. The van der Waals surface area contributed by atoms with Gasteiger partial charge in [-0.2, -0.15) is 11.3 Å². The number of nitrogens with one attached hydrogen (secondary N) is 2. The molecule has 136 valence electrons. The van der Waals surface area contributed by atoms with Gasteiger partial charge in [0.1, 0.15) is 5.60 Å². The summed E-state index contributed by atoms with van der Waals surface area (Å²) in [5.41, 5.74) is 0.00876. The van der Waals surface area contributed by atoms with Gasteiger partial charge in [-0.3, -0.25) is 0 Å². The van der Waals surface area contributed by atoms with Gasteiger partial charge >= 0.3 is 0 Å². The van der Waals surface area contributed by atoms with Crippen molar-refractivity contribution >= 4 is 17.3 Å². The molecule has 1 aliphatic heterocycles. The largest absolute Gasteiger partial charge is 0.383 e. The van der Waals surface area contributed by atoms with Crippen molar-refractivity contribution in [3.05, 3.63) is 22.4 Å². The number of hydrogen-bond donors (Lipinski definition) is 3. The van der Waals surface area contributed by atoms with Gasteiger partial charge in [-0.1, -0.05) is 0 Å². The summed E-state index contributed by atoms with van der Waals surface area (Å²) in [6.45, 7) is 8.41. The third-order valence-corrected chi connectivity index (χ3v) is 5.40. The second kappa shape index (κ2) is 9.39. The van der Waals surface area contributed by atoms with E-state index in [9.17, 15) is 5.11 Å². The number of likely N-dealkylation sites (tertiary alicyclic amines) is 1. The molecule has 0 saturated carbocycles. The number of guanidine groups is 1. The molecule has 0 aromatic carbocycles. The minimum absolute atomic E-state index is 0.354. The topological polar surface area (TPSA) is 59.9 Å². The van der Waals surface area contributed by atoms with Crippen LogP contribution in [0.1, 0.15) is 38.7 Å². The number of nitrogens with zero attached hydrogens (tertiary/aromatic N) is 2. The molecule has 2 heterocycles. The lowest BCUT2D eigenvalue weighted by atomic mass is 9.94. The van der Waals surface area contributed by atoms with Crippen LogP contribution in [0.2, 0.25) is 0 Å². The minimum atomic E-state index is -0.920.